The summed E-state index contributed by atoms with van der Waals surface area (Å²) in [7, 11) is 0. The molecule has 1 saturated heterocycles. The summed E-state index contributed by atoms with van der Waals surface area (Å²) in [6.07, 6.45) is 1.52. The van der Waals surface area contributed by atoms with Gasteiger partial charge in [-0.3, -0.25) is 4.79 Å². The molecule has 17 heavy (non-hydrogen) atoms. The Kier molecular flexibility index (Phi) is 5.25. The van der Waals surface area contributed by atoms with Crippen molar-refractivity contribution >= 4 is 11.9 Å². The monoisotopic (exact) mass is 241 g/mol. The molecule has 98 valence electrons. The van der Waals surface area contributed by atoms with Gasteiger partial charge in [0.15, 0.2) is 0 Å². The lowest BCUT2D eigenvalue weighted by Crippen LogP contribution is -2.47. The number of nitrogens with one attached hydrogen (secondary N) is 2. The van der Waals surface area contributed by atoms with Crippen molar-refractivity contribution in [3.05, 3.63) is 0 Å². The molecule has 0 unspecified atom stereocenters. The molecule has 3 amide bonds. The predicted molar refractivity (Wildman–Crippen MR) is 66.6 cm³/mol. The lowest BCUT2D eigenvalue weighted by Gasteiger charge is -2.31. The maximum Gasteiger partial charge on any atom is 0.317 e. The van der Waals surface area contributed by atoms with Crippen LogP contribution in [0.3, 0.4) is 0 Å². The Hall–Kier alpha value is -1.26. The van der Waals surface area contributed by atoms with Gasteiger partial charge < -0.3 is 15.5 Å². The molecule has 0 aromatic rings. The smallest absolute Gasteiger partial charge is 0.317 e. The quantitative estimate of drug-likeness (QED) is 0.773. The highest BCUT2D eigenvalue weighted by Crippen LogP contribution is 2.17. The summed E-state index contributed by atoms with van der Waals surface area (Å²) >= 11 is 0. The molecule has 0 saturated carbocycles. The second-order valence-electron chi connectivity index (χ2n) is 4.76. The molecule has 1 rings (SSSR count). The molecule has 5 nitrogen and oxygen atoms in total. The fourth-order valence-electron chi connectivity index (χ4n) is 2.01. The molecular weight excluding hydrogens is 218 g/mol. The van der Waals surface area contributed by atoms with Crippen LogP contribution in [-0.4, -0.2) is 42.5 Å². The third-order valence-corrected chi connectivity index (χ3v) is 2.91. The lowest BCUT2D eigenvalue weighted by atomic mass is 9.96. The number of piperidine rings is 1. The van der Waals surface area contributed by atoms with Gasteiger partial charge in [0.2, 0.25) is 5.91 Å². The summed E-state index contributed by atoms with van der Waals surface area (Å²) in [6.45, 7) is 7.81. The van der Waals surface area contributed by atoms with Crippen LogP contribution < -0.4 is 10.6 Å². The average molecular weight is 241 g/mol. The highest BCUT2D eigenvalue weighted by atomic mass is 16.2. The van der Waals surface area contributed by atoms with E-state index in [-0.39, 0.29) is 23.9 Å². The van der Waals surface area contributed by atoms with E-state index in [4.69, 9.17) is 0 Å². The van der Waals surface area contributed by atoms with Gasteiger partial charge in [0.25, 0.3) is 0 Å². The number of hydrogen-bond donors (Lipinski definition) is 2. The van der Waals surface area contributed by atoms with Crippen molar-refractivity contribution in [2.24, 2.45) is 5.92 Å². The highest BCUT2D eigenvalue weighted by molar-refractivity contribution is 5.79. The molecule has 0 aromatic carbocycles. The fourth-order valence-corrected chi connectivity index (χ4v) is 2.01. The summed E-state index contributed by atoms with van der Waals surface area (Å²) in [5, 5.41) is 5.70. The Morgan fingerprint density at radius 2 is 1.88 bits per heavy atom. The first-order valence-corrected chi connectivity index (χ1v) is 6.37. The zero-order valence-electron chi connectivity index (χ0n) is 11.0. The number of amides is 3. The van der Waals surface area contributed by atoms with Crippen molar-refractivity contribution in [3.8, 4) is 0 Å². The van der Waals surface area contributed by atoms with Crippen LogP contribution in [0.15, 0.2) is 0 Å². The largest absolute Gasteiger partial charge is 0.354 e. The van der Waals surface area contributed by atoms with Gasteiger partial charge in [-0.1, -0.05) is 0 Å². The van der Waals surface area contributed by atoms with Gasteiger partial charge in [-0.2, -0.15) is 0 Å². The summed E-state index contributed by atoms with van der Waals surface area (Å²) in [5.41, 5.74) is 0. The molecule has 1 aliphatic heterocycles. The lowest BCUT2D eigenvalue weighted by molar-refractivity contribution is -0.126. The van der Waals surface area contributed by atoms with Crippen molar-refractivity contribution < 1.29 is 9.59 Å². The molecular formula is C12H23N3O2. The van der Waals surface area contributed by atoms with E-state index in [1.165, 1.54) is 0 Å². The van der Waals surface area contributed by atoms with E-state index in [9.17, 15) is 9.59 Å². The molecule has 0 aliphatic carbocycles. The van der Waals surface area contributed by atoms with Gasteiger partial charge in [0.05, 0.1) is 0 Å². The Labute approximate surface area is 103 Å². The number of likely N-dealkylation sites (tertiary alicyclic amines) is 1. The standard InChI is InChI=1S/C12H23N3O2/c1-4-13-12(17)15-7-5-10(6-8-15)11(16)14-9(2)3/h9-10H,4-8H2,1-3H3,(H,13,17)(H,14,16). The Morgan fingerprint density at radius 3 is 2.35 bits per heavy atom. The Balaban J connectivity index is 2.35. The summed E-state index contributed by atoms with van der Waals surface area (Å²) in [5.74, 6) is 0.179. The van der Waals surface area contributed by atoms with Gasteiger partial charge in [0.1, 0.15) is 0 Å². The van der Waals surface area contributed by atoms with Crippen LogP contribution in [0.5, 0.6) is 0 Å². The number of carbonyl (C=O) groups is 2. The van der Waals surface area contributed by atoms with Crippen LogP contribution in [-0.2, 0) is 4.79 Å². The molecule has 0 bridgehead atoms. The molecule has 0 aromatic heterocycles. The first-order chi connectivity index (χ1) is 8.04. The van der Waals surface area contributed by atoms with Crippen LogP contribution in [0.2, 0.25) is 0 Å². The fraction of sp³-hybridized carbons (Fsp3) is 0.833. The molecule has 1 aliphatic rings. The highest BCUT2D eigenvalue weighted by Gasteiger charge is 2.27. The maximum absolute atomic E-state index is 11.8. The minimum Gasteiger partial charge on any atom is -0.354 e. The second kappa shape index (κ2) is 6.47. The van der Waals surface area contributed by atoms with E-state index in [0.29, 0.717) is 19.6 Å². The van der Waals surface area contributed by atoms with Crippen molar-refractivity contribution in [1.29, 1.82) is 0 Å². The third kappa shape index (κ3) is 4.24. The molecule has 0 radical (unpaired) electrons. The Morgan fingerprint density at radius 1 is 1.29 bits per heavy atom. The summed E-state index contributed by atoms with van der Waals surface area (Å²) in [6, 6.07) is 0.166. The molecule has 0 spiro atoms. The van der Waals surface area contributed by atoms with Crippen LogP contribution in [0.1, 0.15) is 33.6 Å². The summed E-state index contributed by atoms with van der Waals surface area (Å²) < 4.78 is 0. The van der Waals surface area contributed by atoms with E-state index in [0.717, 1.165) is 12.8 Å². The van der Waals surface area contributed by atoms with Crippen molar-refractivity contribution in [1.82, 2.24) is 15.5 Å². The van der Waals surface area contributed by atoms with Crippen molar-refractivity contribution in [2.75, 3.05) is 19.6 Å². The molecule has 1 heterocycles. The molecule has 5 heteroatoms. The van der Waals surface area contributed by atoms with Gasteiger partial charge in [-0.05, 0) is 33.6 Å². The van der Waals surface area contributed by atoms with E-state index in [2.05, 4.69) is 10.6 Å². The SMILES string of the molecule is CCNC(=O)N1CCC(C(=O)NC(C)C)CC1. The van der Waals surface area contributed by atoms with Gasteiger partial charge >= 0.3 is 6.03 Å². The van der Waals surface area contributed by atoms with E-state index in [1.54, 1.807) is 4.90 Å². The number of rotatable bonds is 3. The summed E-state index contributed by atoms with van der Waals surface area (Å²) in [4.78, 5) is 25.1. The van der Waals surface area contributed by atoms with Gasteiger partial charge in [0, 0.05) is 31.6 Å². The van der Waals surface area contributed by atoms with E-state index >= 15 is 0 Å². The first-order valence-electron chi connectivity index (χ1n) is 6.37. The second-order valence-corrected chi connectivity index (χ2v) is 4.76. The van der Waals surface area contributed by atoms with E-state index in [1.807, 2.05) is 20.8 Å². The molecule has 0 atom stereocenters. The average Bonchev–Trinajstić information content (AvgIpc) is 2.28. The van der Waals surface area contributed by atoms with Crippen LogP contribution in [0.25, 0.3) is 0 Å². The Bertz CT molecular complexity index is 271. The van der Waals surface area contributed by atoms with E-state index < -0.39 is 0 Å². The number of nitrogens with zero attached hydrogens (tertiary/aromatic N) is 1. The minimum atomic E-state index is -0.0183. The van der Waals surface area contributed by atoms with Crippen LogP contribution >= 0.6 is 0 Å². The number of urea groups is 1. The minimum absolute atomic E-state index is 0.0183. The zero-order chi connectivity index (χ0) is 12.8. The van der Waals surface area contributed by atoms with Crippen molar-refractivity contribution in [2.45, 2.75) is 39.7 Å². The van der Waals surface area contributed by atoms with Crippen molar-refractivity contribution in [3.63, 3.8) is 0 Å². The topological polar surface area (TPSA) is 61.4 Å². The van der Waals surface area contributed by atoms with Gasteiger partial charge in [-0.15, -0.1) is 0 Å². The molecule has 1 fully saturated rings. The maximum atomic E-state index is 11.8. The zero-order valence-corrected chi connectivity index (χ0v) is 11.0. The van der Waals surface area contributed by atoms with Crippen LogP contribution in [0.4, 0.5) is 4.79 Å². The number of carbonyl (C=O) groups excluding carboxylic acids is 2. The molecule has 2 N–H and O–H groups in total. The van der Waals surface area contributed by atoms with Crippen LogP contribution in [0, 0.1) is 5.92 Å². The number of hydrogen-bond acceptors (Lipinski definition) is 2. The van der Waals surface area contributed by atoms with Gasteiger partial charge in [-0.25, -0.2) is 4.79 Å². The predicted octanol–water partition coefficient (Wildman–Crippen LogP) is 0.952. The normalized spacial score (nSPS) is 17.1. The first kappa shape index (κ1) is 13.8. The third-order valence-electron chi connectivity index (χ3n) is 2.91.